The van der Waals surface area contributed by atoms with Crippen LogP contribution < -0.4 is 4.74 Å². The molecular weight excluding hydrogens is 445 g/mol. The van der Waals surface area contributed by atoms with E-state index in [-0.39, 0.29) is 29.6 Å². The van der Waals surface area contributed by atoms with Crippen LogP contribution in [0.5, 0.6) is 5.88 Å². The topological polar surface area (TPSA) is 65.5 Å². The Morgan fingerprint density at radius 1 is 1.12 bits per heavy atom. The molecule has 0 fully saturated rings. The number of pyridine rings is 1. The van der Waals surface area contributed by atoms with Crippen LogP contribution in [0.1, 0.15) is 29.3 Å². The molecule has 9 heteroatoms. The van der Waals surface area contributed by atoms with Crippen molar-refractivity contribution in [3.63, 3.8) is 0 Å². The molecule has 1 aliphatic rings. The molecule has 32 heavy (non-hydrogen) atoms. The number of hydrogen-bond donors (Lipinski definition) is 0. The van der Waals surface area contributed by atoms with Crippen LogP contribution in [-0.2, 0) is 4.79 Å². The Balaban J connectivity index is 1.96. The van der Waals surface area contributed by atoms with E-state index in [2.05, 4.69) is 4.98 Å². The molecule has 2 aromatic carbocycles. The summed E-state index contributed by atoms with van der Waals surface area (Å²) in [6.07, 6.45) is 3.32. The Morgan fingerprint density at radius 2 is 1.88 bits per heavy atom. The molecule has 3 aromatic rings. The van der Waals surface area contributed by atoms with Gasteiger partial charge in [0.25, 0.3) is 0 Å². The lowest BCUT2D eigenvalue weighted by Gasteiger charge is -2.40. The molecule has 1 unspecified atom stereocenters. The lowest BCUT2D eigenvalue weighted by molar-refractivity contribution is -0.108. The third kappa shape index (κ3) is 4.06. The van der Waals surface area contributed by atoms with Crippen LogP contribution in [0.15, 0.2) is 48.7 Å². The van der Waals surface area contributed by atoms with Gasteiger partial charge in [0.1, 0.15) is 23.7 Å². The second-order valence-corrected chi connectivity index (χ2v) is 7.36. The Kier molecular flexibility index (Phi) is 6.16. The van der Waals surface area contributed by atoms with E-state index in [4.69, 9.17) is 16.3 Å². The zero-order valence-electron chi connectivity index (χ0n) is 16.4. The maximum atomic E-state index is 14.6. The summed E-state index contributed by atoms with van der Waals surface area (Å²) in [7, 11) is 0. The SMILES string of the molecule is O=CCCOc1cc(-c2ccc(F)cc2Cl)c2c(n1)C(c1c(F)cccc1F)N([O-])C=C2. The number of aromatic nitrogens is 1. The Hall–Kier alpha value is -3.36. The van der Waals surface area contributed by atoms with Crippen LogP contribution >= 0.6 is 11.6 Å². The van der Waals surface area contributed by atoms with Crippen molar-refractivity contribution in [3.8, 4) is 17.0 Å². The van der Waals surface area contributed by atoms with Gasteiger partial charge in [0.15, 0.2) is 0 Å². The van der Waals surface area contributed by atoms with Gasteiger partial charge in [-0.25, -0.2) is 18.2 Å². The third-order valence-electron chi connectivity index (χ3n) is 4.95. The summed E-state index contributed by atoms with van der Waals surface area (Å²) in [6, 6.07) is 7.14. The average Bonchev–Trinajstić information content (AvgIpc) is 2.75. The summed E-state index contributed by atoms with van der Waals surface area (Å²) < 4.78 is 48.3. The maximum absolute atomic E-state index is 14.6. The van der Waals surface area contributed by atoms with Crippen LogP contribution in [-0.4, -0.2) is 22.9 Å². The Labute approximate surface area is 186 Å². The first-order chi connectivity index (χ1) is 15.4. The molecule has 1 aliphatic heterocycles. The molecule has 1 aromatic heterocycles. The van der Waals surface area contributed by atoms with Gasteiger partial charge >= 0.3 is 0 Å². The van der Waals surface area contributed by atoms with Gasteiger partial charge in [-0.15, -0.1) is 0 Å². The zero-order chi connectivity index (χ0) is 22.8. The fourth-order valence-corrected chi connectivity index (χ4v) is 3.81. The van der Waals surface area contributed by atoms with E-state index in [0.717, 1.165) is 24.4 Å². The smallest absolute Gasteiger partial charge is 0.214 e. The minimum atomic E-state index is -1.44. The van der Waals surface area contributed by atoms with Gasteiger partial charge in [-0.3, -0.25) is 0 Å². The Morgan fingerprint density at radius 3 is 2.56 bits per heavy atom. The predicted molar refractivity (Wildman–Crippen MR) is 113 cm³/mol. The average molecular weight is 460 g/mol. The van der Waals surface area contributed by atoms with Gasteiger partial charge in [0.2, 0.25) is 5.88 Å². The first-order valence-corrected chi connectivity index (χ1v) is 9.93. The third-order valence-corrected chi connectivity index (χ3v) is 5.26. The minimum absolute atomic E-state index is 0.00152. The quantitative estimate of drug-likeness (QED) is 0.351. The van der Waals surface area contributed by atoms with Gasteiger partial charge < -0.3 is 19.8 Å². The van der Waals surface area contributed by atoms with E-state index < -0.39 is 29.1 Å². The normalized spacial score (nSPS) is 14.9. The number of ether oxygens (including phenoxy) is 1. The van der Waals surface area contributed by atoms with Crippen molar-refractivity contribution in [1.82, 2.24) is 10.0 Å². The van der Waals surface area contributed by atoms with Crippen LogP contribution in [0.3, 0.4) is 0 Å². The summed E-state index contributed by atoms with van der Waals surface area (Å²) in [5.41, 5.74) is 0.768. The standard InChI is InChI=1S/C23H15ClF3N2O3/c24-17-11-13(25)5-6-14(17)16-12-20(32-10-2-9-30)28-22-15(16)7-8-29(31)23(22)21-18(26)3-1-4-19(21)27/h1,3-9,11-12,23H,2,10H2/q-1. The number of nitrogens with zero attached hydrogens (tertiary/aromatic N) is 2. The second kappa shape index (κ2) is 9.02. The zero-order valence-corrected chi connectivity index (χ0v) is 17.2. The summed E-state index contributed by atoms with van der Waals surface area (Å²) in [6.45, 7) is 0.00152. The van der Waals surface area contributed by atoms with Crippen molar-refractivity contribution in [2.24, 2.45) is 0 Å². The molecule has 0 aliphatic carbocycles. The molecule has 1 atom stereocenters. The van der Waals surface area contributed by atoms with Crippen molar-refractivity contribution >= 4 is 24.0 Å². The minimum Gasteiger partial charge on any atom is -0.758 e. The van der Waals surface area contributed by atoms with Crippen molar-refractivity contribution in [3.05, 3.63) is 93.2 Å². The highest BCUT2D eigenvalue weighted by molar-refractivity contribution is 6.33. The van der Waals surface area contributed by atoms with E-state index in [9.17, 15) is 23.2 Å². The largest absolute Gasteiger partial charge is 0.758 e. The molecule has 0 N–H and O–H groups in total. The summed E-state index contributed by atoms with van der Waals surface area (Å²) in [5, 5.41) is 13.2. The van der Waals surface area contributed by atoms with Crippen LogP contribution in [0, 0.1) is 22.7 Å². The molecule has 0 saturated carbocycles. The fraction of sp³-hybridized carbons (Fsp3) is 0.130. The predicted octanol–water partition coefficient (Wildman–Crippen LogP) is 5.66. The van der Waals surface area contributed by atoms with Gasteiger partial charge in [-0.1, -0.05) is 17.7 Å². The summed E-state index contributed by atoms with van der Waals surface area (Å²) >= 11 is 6.25. The molecule has 164 valence electrons. The lowest BCUT2D eigenvalue weighted by Crippen LogP contribution is -2.26. The van der Waals surface area contributed by atoms with Crippen molar-refractivity contribution in [2.45, 2.75) is 12.5 Å². The summed E-state index contributed by atoms with van der Waals surface area (Å²) in [5.74, 6) is -2.34. The molecule has 0 bridgehead atoms. The number of carbonyl (C=O) groups excluding carboxylic acids is 1. The second-order valence-electron chi connectivity index (χ2n) is 6.95. The number of rotatable bonds is 6. The molecule has 0 spiro atoms. The van der Waals surface area contributed by atoms with Gasteiger partial charge in [-0.2, -0.15) is 0 Å². The summed E-state index contributed by atoms with van der Waals surface area (Å²) in [4.78, 5) is 15.0. The van der Waals surface area contributed by atoms with Crippen LogP contribution in [0.25, 0.3) is 17.2 Å². The highest BCUT2D eigenvalue weighted by Gasteiger charge is 2.30. The molecular formula is C23H15ClF3N2O3-. The Bertz CT molecular complexity index is 1200. The van der Waals surface area contributed by atoms with Crippen molar-refractivity contribution in [2.75, 3.05) is 6.61 Å². The van der Waals surface area contributed by atoms with E-state index in [1.54, 1.807) is 0 Å². The first-order valence-electron chi connectivity index (χ1n) is 9.55. The molecule has 5 nitrogen and oxygen atoms in total. The fourth-order valence-electron chi connectivity index (χ4n) is 3.54. The number of aldehydes is 1. The molecule has 0 saturated heterocycles. The van der Waals surface area contributed by atoms with Gasteiger partial charge in [-0.05, 0) is 48.2 Å². The number of halogens is 4. The highest BCUT2D eigenvalue weighted by Crippen LogP contribution is 2.43. The molecule has 2 heterocycles. The van der Waals surface area contributed by atoms with Crippen LogP contribution in [0.2, 0.25) is 5.02 Å². The van der Waals surface area contributed by atoms with Gasteiger partial charge in [0.05, 0.1) is 28.9 Å². The molecule has 0 amide bonds. The number of hydrogen-bond acceptors (Lipinski definition) is 5. The number of hydroxylamine groups is 2. The van der Waals surface area contributed by atoms with Crippen molar-refractivity contribution in [1.29, 1.82) is 0 Å². The number of benzene rings is 2. The van der Waals surface area contributed by atoms with E-state index in [0.29, 0.717) is 28.0 Å². The monoisotopic (exact) mass is 459 g/mol. The van der Waals surface area contributed by atoms with E-state index in [1.807, 2.05) is 0 Å². The molecule has 0 radical (unpaired) electrons. The van der Waals surface area contributed by atoms with Gasteiger partial charge in [0, 0.05) is 23.6 Å². The number of carbonyl (C=O) groups is 1. The number of fused-ring (bicyclic) bond motifs is 1. The van der Waals surface area contributed by atoms with Crippen LogP contribution in [0.4, 0.5) is 13.2 Å². The van der Waals surface area contributed by atoms with E-state index in [1.165, 1.54) is 30.3 Å². The first kappa shape index (κ1) is 21.9. The van der Waals surface area contributed by atoms with Crippen molar-refractivity contribution < 1.29 is 22.7 Å². The molecule has 4 rings (SSSR count). The lowest BCUT2D eigenvalue weighted by atomic mass is 9.90. The van der Waals surface area contributed by atoms with E-state index >= 15 is 0 Å². The highest BCUT2D eigenvalue weighted by atomic mass is 35.5. The maximum Gasteiger partial charge on any atom is 0.214 e.